The van der Waals surface area contributed by atoms with Gasteiger partial charge in [-0.2, -0.15) is 0 Å². The lowest BCUT2D eigenvalue weighted by Crippen LogP contribution is -2.49. The number of carbonyl (C=O) groups is 1. The summed E-state index contributed by atoms with van der Waals surface area (Å²) in [5, 5.41) is 3.50. The molecule has 3 rings (SSSR count). The van der Waals surface area contributed by atoms with Gasteiger partial charge in [0.2, 0.25) is 0 Å². The third-order valence-electron chi connectivity index (χ3n) is 5.98. The van der Waals surface area contributed by atoms with Gasteiger partial charge < -0.3 is 15.0 Å². The molecule has 2 fully saturated rings. The fourth-order valence-electron chi connectivity index (χ4n) is 4.15. The maximum Gasteiger partial charge on any atom is 0.310 e. The molecule has 1 N–H and O–H groups in total. The molecule has 1 aliphatic carbocycles. The van der Waals surface area contributed by atoms with Gasteiger partial charge >= 0.3 is 5.97 Å². The van der Waals surface area contributed by atoms with E-state index in [-0.39, 0.29) is 53.0 Å². The van der Waals surface area contributed by atoms with Crippen molar-refractivity contribution in [2.24, 2.45) is 16.8 Å². The Hall–Kier alpha value is -1.38. The van der Waals surface area contributed by atoms with Crippen molar-refractivity contribution in [1.29, 1.82) is 0 Å². The van der Waals surface area contributed by atoms with Crippen molar-refractivity contribution in [3.8, 4) is 0 Å². The summed E-state index contributed by atoms with van der Waals surface area (Å²) >= 11 is 0. The van der Waals surface area contributed by atoms with E-state index in [1.165, 1.54) is 31.2 Å². The van der Waals surface area contributed by atoms with Crippen LogP contribution in [-0.4, -0.2) is 50.6 Å². The van der Waals surface area contributed by atoms with E-state index in [2.05, 4.69) is 22.1 Å². The lowest BCUT2D eigenvalue weighted by Gasteiger charge is -2.43. The minimum absolute atomic E-state index is 0. The summed E-state index contributed by atoms with van der Waals surface area (Å²) in [5.41, 5.74) is 1.21. The average Bonchev–Trinajstić information content (AvgIpc) is 2.99. The number of rotatable bonds is 4. The van der Waals surface area contributed by atoms with Crippen molar-refractivity contribution >= 4 is 35.9 Å². The number of carbonyl (C=O) groups excluding carboxylic acids is 1. The molecular weight excluding hydrogens is 460 g/mol. The van der Waals surface area contributed by atoms with E-state index >= 15 is 0 Å². The number of likely N-dealkylation sites (tertiary alicyclic amines) is 1. The lowest BCUT2D eigenvalue weighted by atomic mass is 9.64. The van der Waals surface area contributed by atoms with E-state index < -0.39 is 0 Å². The second-order valence-corrected chi connectivity index (χ2v) is 7.55. The molecule has 0 amide bonds. The number of nitrogens with one attached hydrogen (secondary N) is 1. The largest absolute Gasteiger partial charge is 0.469 e. The first-order chi connectivity index (χ1) is 12.5. The topological polar surface area (TPSA) is 53.9 Å². The molecule has 1 aromatic carbocycles. The van der Waals surface area contributed by atoms with E-state index in [0.717, 1.165) is 31.9 Å². The quantitative estimate of drug-likeness (QED) is 0.306. The van der Waals surface area contributed by atoms with E-state index in [0.29, 0.717) is 6.54 Å². The Balaban J connectivity index is 0.00000261. The van der Waals surface area contributed by atoms with Crippen LogP contribution in [0.25, 0.3) is 0 Å². The second-order valence-electron chi connectivity index (χ2n) is 7.55. The van der Waals surface area contributed by atoms with Crippen molar-refractivity contribution in [1.82, 2.24) is 10.2 Å². The van der Waals surface area contributed by atoms with Gasteiger partial charge in [0.05, 0.1) is 13.0 Å². The summed E-state index contributed by atoms with van der Waals surface area (Å²) in [6.45, 7) is 4.24. The van der Waals surface area contributed by atoms with Crippen LogP contribution in [0.15, 0.2) is 29.3 Å². The fourth-order valence-corrected chi connectivity index (χ4v) is 4.15. The highest BCUT2D eigenvalue weighted by Gasteiger charge is 2.40. The van der Waals surface area contributed by atoms with E-state index in [4.69, 9.17) is 4.74 Å². The average molecular weight is 489 g/mol. The molecule has 27 heavy (non-hydrogen) atoms. The first kappa shape index (κ1) is 21.9. The van der Waals surface area contributed by atoms with Gasteiger partial charge in [0, 0.05) is 32.1 Å². The molecule has 7 heteroatoms. The zero-order valence-electron chi connectivity index (χ0n) is 16.2. The van der Waals surface area contributed by atoms with Crippen LogP contribution in [0.4, 0.5) is 4.39 Å². The first-order valence-corrected chi connectivity index (χ1v) is 9.28. The van der Waals surface area contributed by atoms with Crippen LogP contribution in [0.3, 0.4) is 0 Å². The number of methoxy groups -OCH3 is 1. The zero-order valence-corrected chi connectivity index (χ0v) is 18.5. The van der Waals surface area contributed by atoms with E-state index in [1.807, 2.05) is 12.1 Å². The van der Waals surface area contributed by atoms with Crippen LogP contribution in [0.2, 0.25) is 0 Å². The standard InChI is InChI=1S/C20H28FN3O2.HI/c1-14-11-24(12-17(14)18(25)26-3)19(22-2)23-13-20(9-4-10-20)15-5-7-16(21)8-6-15;/h5-8,14,17H,4,9-13H2,1-3H3,(H,22,23);1H. The molecule has 0 bridgehead atoms. The number of nitrogens with zero attached hydrogens (tertiary/aromatic N) is 2. The van der Waals surface area contributed by atoms with Gasteiger partial charge in [-0.25, -0.2) is 4.39 Å². The Bertz CT molecular complexity index is 676. The van der Waals surface area contributed by atoms with Crippen LogP contribution in [-0.2, 0) is 14.9 Å². The maximum atomic E-state index is 13.3. The normalized spacial score (nSPS) is 24.0. The van der Waals surface area contributed by atoms with Crippen molar-refractivity contribution in [3.63, 3.8) is 0 Å². The Labute approximate surface area is 177 Å². The van der Waals surface area contributed by atoms with Gasteiger partial charge in [-0.1, -0.05) is 25.5 Å². The molecule has 1 heterocycles. The zero-order chi connectivity index (χ0) is 18.7. The summed E-state index contributed by atoms with van der Waals surface area (Å²) in [5.74, 6) is 0.574. The second kappa shape index (κ2) is 9.21. The SMILES string of the molecule is CN=C(NCC1(c2ccc(F)cc2)CCC1)N1CC(C)C(C(=O)OC)C1.I. The summed E-state index contributed by atoms with van der Waals surface area (Å²) in [4.78, 5) is 18.5. The molecule has 150 valence electrons. The monoisotopic (exact) mass is 489 g/mol. The predicted molar refractivity (Wildman–Crippen MR) is 115 cm³/mol. The Morgan fingerprint density at radius 3 is 2.52 bits per heavy atom. The number of benzene rings is 1. The number of ether oxygens (including phenoxy) is 1. The van der Waals surface area contributed by atoms with Gasteiger partial charge in [-0.15, -0.1) is 24.0 Å². The van der Waals surface area contributed by atoms with Crippen molar-refractivity contribution in [2.75, 3.05) is 33.8 Å². The highest BCUT2D eigenvalue weighted by atomic mass is 127. The van der Waals surface area contributed by atoms with Crippen molar-refractivity contribution in [3.05, 3.63) is 35.6 Å². The molecule has 5 nitrogen and oxygen atoms in total. The Morgan fingerprint density at radius 2 is 2.00 bits per heavy atom. The number of esters is 1. The third kappa shape index (κ3) is 4.55. The minimum atomic E-state index is -0.202. The molecule has 1 saturated carbocycles. The number of hydrogen-bond acceptors (Lipinski definition) is 3. The van der Waals surface area contributed by atoms with Crippen LogP contribution in [0.1, 0.15) is 31.7 Å². The highest BCUT2D eigenvalue weighted by molar-refractivity contribution is 14.0. The van der Waals surface area contributed by atoms with Gasteiger partial charge in [-0.05, 0) is 36.5 Å². The number of aliphatic imine (C=N–C) groups is 1. The molecule has 1 aliphatic heterocycles. The third-order valence-corrected chi connectivity index (χ3v) is 5.98. The van der Waals surface area contributed by atoms with E-state index in [9.17, 15) is 9.18 Å². The van der Waals surface area contributed by atoms with Crippen LogP contribution < -0.4 is 5.32 Å². The fraction of sp³-hybridized carbons (Fsp3) is 0.600. The van der Waals surface area contributed by atoms with E-state index in [1.54, 1.807) is 7.05 Å². The summed E-state index contributed by atoms with van der Waals surface area (Å²) < 4.78 is 18.2. The highest BCUT2D eigenvalue weighted by Crippen LogP contribution is 2.43. The van der Waals surface area contributed by atoms with Crippen LogP contribution in [0, 0.1) is 17.7 Å². The number of hydrogen-bond donors (Lipinski definition) is 1. The smallest absolute Gasteiger partial charge is 0.310 e. The number of guanidine groups is 1. The Morgan fingerprint density at radius 1 is 1.33 bits per heavy atom. The van der Waals surface area contributed by atoms with Crippen LogP contribution >= 0.6 is 24.0 Å². The molecular formula is C20H29FIN3O2. The molecule has 1 aromatic rings. The van der Waals surface area contributed by atoms with Crippen molar-refractivity contribution < 1.29 is 13.9 Å². The predicted octanol–water partition coefficient (Wildman–Crippen LogP) is 3.18. The molecule has 0 spiro atoms. The summed E-state index contributed by atoms with van der Waals surface area (Å²) in [6, 6.07) is 6.86. The molecule has 0 radical (unpaired) electrons. The van der Waals surface area contributed by atoms with Gasteiger partial charge in [-0.3, -0.25) is 9.79 Å². The van der Waals surface area contributed by atoms with Crippen LogP contribution in [0.5, 0.6) is 0 Å². The lowest BCUT2D eigenvalue weighted by molar-refractivity contribution is -0.145. The number of halogens is 2. The first-order valence-electron chi connectivity index (χ1n) is 9.28. The maximum absolute atomic E-state index is 13.3. The molecule has 0 aromatic heterocycles. The van der Waals surface area contributed by atoms with Gasteiger partial charge in [0.25, 0.3) is 0 Å². The van der Waals surface area contributed by atoms with Gasteiger partial charge in [0.1, 0.15) is 5.82 Å². The molecule has 1 saturated heterocycles. The van der Waals surface area contributed by atoms with Gasteiger partial charge in [0.15, 0.2) is 5.96 Å². The molecule has 2 atom stereocenters. The molecule has 2 aliphatic rings. The Kier molecular flexibility index (Phi) is 7.47. The van der Waals surface area contributed by atoms with Crippen molar-refractivity contribution in [2.45, 2.75) is 31.6 Å². The molecule has 2 unspecified atom stereocenters. The summed E-state index contributed by atoms with van der Waals surface area (Å²) in [6.07, 6.45) is 3.36. The minimum Gasteiger partial charge on any atom is -0.469 e. The summed E-state index contributed by atoms with van der Waals surface area (Å²) in [7, 11) is 3.21.